The molecule has 5 aromatic carbocycles. The summed E-state index contributed by atoms with van der Waals surface area (Å²) >= 11 is 0. The predicted octanol–water partition coefficient (Wildman–Crippen LogP) is 11.8. The zero-order valence-corrected chi connectivity index (χ0v) is 27.7. The summed E-state index contributed by atoms with van der Waals surface area (Å²) in [5.74, 6) is 1.41. The van der Waals surface area contributed by atoms with Crippen molar-refractivity contribution in [3.63, 3.8) is 0 Å². The van der Waals surface area contributed by atoms with Crippen molar-refractivity contribution in [3.8, 4) is 28.0 Å². The van der Waals surface area contributed by atoms with Crippen LogP contribution < -0.4 is 4.43 Å². The second kappa shape index (κ2) is 11.9. The first kappa shape index (κ1) is 29.9. The van der Waals surface area contributed by atoms with Crippen LogP contribution in [0.5, 0.6) is 5.75 Å². The molecule has 2 heteroatoms. The van der Waals surface area contributed by atoms with Gasteiger partial charge in [0.15, 0.2) is 0 Å². The van der Waals surface area contributed by atoms with Gasteiger partial charge in [-0.25, -0.2) is 0 Å². The molecular formula is C40H46OSi. The van der Waals surface area contributed by atoms with Crippen molar-refractivity contribution in [1.82, 2.24) is 0 Å². The summed E-state index contributed by atoms with van der Waals surface area (Å²) in [7, 11) is -1.90. The maximum absolute atomic E-state index is 6.69. The number of hydrogen-bond donors (Lipinski definition) is 0. The summed E-state index contributed by atoms with van der Waals surface area (Å²) < 4.78 is 6.69. The Morgan fingerprint density at radius 3 is 2.12 bits per heavy atom. The highest BCUT2D eigenvalue weighted by Crippen LogP contribution is 2.40. The fourth-order valence-corrected chi connectivity index (χ4v) is 6.67. The Balaban J connectivity index is 1.47. The highest BCUT2D eigenvalue weighted by atomic mass is 28.4. The Morgan fingerprint density at radius 2 is 1.38 bits per heavy atom. The highest BCUT2D eigenvalue weighted by molar-refractivity contribution is 6.74. The molecule has 0 bridgehead atoms. The van der Waals surface area contributed by atoms with Crippen LogP contribution in [0.4, 0.5) is 0 Å². The Labute approximate surface area is 254 Å². The Morgan fingerprint density at radius 1 is 0.690 bits per heavy atom. The van der Waals surface area contributed by atoms with Crippen molar-refractivity contribution < 1.29 is 4.43 Å². The third-order valence-corrected chi connectivity index (χ3v) is 13.5. The molecule has 0 amide bonds. The third-order valence-electron chi connectivity index (χ3n) is 9.13. The van der Waals surface area contributed by atoms with Crippen LogP contribution in [0.15, 0.2) is 103 Å². The molecule has 216 valence electrons. The lowest BCUT2D eigenvalue weighted by atomic mass is 9.88. The van der Waals surface area contributed by atoms with Crippen LogP contribution in [-0.4, -0.2) is 8.32 Å². The highest BCUT2D eigenvalue weighted by Gasteiger charge is 2.39. The minimum absolute atomic E-state index is 0.168. The number of fused-ring (bicyclic) bond motifs is 1. The molecule has 0 aliphatic rings. The van der Waals surface area contributed by atoms with E-state index in [1.807, 2.05) is 0 Å². The van der Waals surface area contributed by atoms with Crippen LogP contribution in [0, 0.1) is 0 Å². The fourth-order valence-electron chi connectivity index (χ4n) is 5.64. The molecule has 0 radical (unpaired) electrons. The Bertz CT molecular complexity index is 1700. The Hall–Kier alpha value is -3.62. The lowest BCUT2D eigenvalue weighted by molar-refractivity contribution is 0.491. The van der Waals surface area contributed by atoms with Crippen molar-refractivity contribution in [3.05, 3.63) is 125 Å². The van der Waals surface area contributed by atoms with E-state index in [0.29, 0.717) is 5.92 Å². The van der Waals surface area contributed by atoms with Crippen LogP contribution in [0.3, 0.4) is 0 Å². The molecule has 0 atom stereocenters. The average Bonchev–Trinajstić information content (AvgIpc) is 2.96. The van der Waals surface area contributed by atoms with Crippen molar-refractivity contribution in [2.75, 3.05) is 0 Å². The molecule has 0 aliphatic carbocycles. The van der Waals surface area contributed by atoms with E-state index in [1.165, 1.54) is 55.3 Å². The predicted molar refractivity (Wildman–Crippen MR) is 185 cm³/mol. The molecule has 0 saturated carbocycles. The van der Waals surface area contributed by atoms with E-state index in [9.17, 15) is 0 Å². The maximum atomic E-state index is 6.69. The van der Waals surface area contributed by atoms with Gasteiger partial charge in [-0.2, -0.15) is 0 Å². The smallest absolute Gasteiger partial charge is 0.250 e. The van der Waals surface area contributed by atoms with Crippen LogP contribution in [-0.2, 0) is 12.8 Å². The zero-order valence-electron chi connectivity index (χ0n) is 26.7. The van der Waals surface area contributed by atoms with Gasteiger partial charge in [0.1, 0.15) is 5.75 Å². The van der Waals surface area contributed by atoms with Gasteiger partial charge in [-0.05, 0) is 104 Å². The summed E-state index contributed by atoms with van der Waals surface area (Å²) in [6.45, 7) is 18.4. The Kier molecular flexibility index (Phi) is 8.48. The molecule has 42 heavy (non-hydrogen) atoms. The monoisotopic (exact) mass is 570 g/mol. The number of aryl methyl sites for hydroxylation is 1. The lowest BCUT2D eigenvalue weighted by Gasteiger charge is -2.36. The van der Waals surface area contributed by atoms with Gasteiger partial charge in [0, 0.05) is 0 Å². The van der Waals surface area contributed by atoms with Crippen LogP contribution >= 0.6 is 0 Å². The minimum atomic E-state index is -1.90. The van der Waals surface area contributed by atoms with Gasteiger partial charge in [-0.15, -0.1) is 0 Å². The molecule has 0 aliphatic heterocycles. The number of benzene rings is 5. The van der Waals surface area contributed by atoms with Gasteiger partial charge in [0.2, 0.25) is 8.32 Å². The maximum Gasteiger partial charge on any atom is 0.250 e. The van der Waals surface area contributed by atoms with Gasteiger partial charge >= 0.3 is 0 Å². The normalized spacial score (nSPS) is 12.2. The average molecular weight is 571 g/mol. The van der Waals surface area contributed by atoms with Gasteiger partial charge in [0.05, 0.1) is 0 Å². The summed E-state index contributed by atoms with van der Waals surface area (Å²) in [6, 6.07) is 38.2. The van der Waals surface area contributed by atoms with E-state index in [2.05, 4.69) is 158 Å². The van der Waals surface area contributed by atoms with Gasteiger partial charge in [-0.3, -0.25) is 0 Å². The van der Waals surface area contributed by atoms with E-state index < -0.39 is 8.32 Å². The van der Waals surface area contributed by atoms with E-state index in [4.69, 9.17) is 4.43 Å². The minimum Gasteiger partial charge on any atom is -0.543 e. The summed E-state index contributed by atoms with van der Waals surface area (Å²) in [5, 5.41) is 2.81. The summed E-state index contributed by atoms with van der Waals surface area (Å²) in [4.78, 5) is 0. The number of hydrogen-bond acceptors (Lipinski definition) is 1. The third kappa shape index (κ3) is 6.25. The van der Waals surface area contributed by atoms with Crippen LogP contribution in [0.1, 0.15) is 69.7 Å². The molecule has 0 spiro atoms. The standard InChI is InChI=1S/C40H46OSi/c1-9-30-26-34(38-23-21-35(27-39(38)28(2)3)41-42(7,8)40(4,5)6)20-22-37(30)33-17-12-14-29(25-33)24-32-18-13-16-31-15-10-11-19-36(31)32/h10-23,25-28H,9,24H2,1-8H3. The molecule has 0 N–H and O–H groups in total. The molecule has 0 fully saturated rings. The summed E-state index contributed by atoms with van der Waals surface area (Å²) in [5.41, 5.74) is 10.6. The van der Waals surface area contributed by atoms with E-state index in [1.54, 1.807) is 0 Å². The molecular weight excluding hydrogens is 525 g/mol. The van der Waals surface area contributed by atoms with Gasteiger partial charge in [0.25, 0.3) is 0 Å². The molecule has 0 unspecified atom stereocenters. The van der Waals surface area contributed by atoms with E-state index in [-0.39, 0.29) is 5.04 Å². The van der Waals surface area contributed by atoms with Crippen molar-refractivity contribution in [2.24, 2.45) is 0 Å². The first-order chi connectivity index (χ1) is 20.0. The summed E-state index contributed by atoms with van der Waals surface area (Å²) in [6.07, 6.45) is 1.91. The van der Waals surface area contributed by atoms with Crippen molar-refractivity contribution in [2.45, 2.75) is 78.4 Å². The molecule has 1 nitrogen and oxygen atoms in total. The molecule has 0 heterocycles. The largest absolute Gasteiger partial charge is 0.543 e. The van der Waals surface area contributed by atoms with Crippen molar-refractivity contribution >= 4 is 19.1 Å². The molecule has 0 saturated heterocycles. The second-order valence-electron chi connectivity index (χ2n) is 13.5. The molecule has 5 rings (SSSR count). The second-order valence-corrected chi connectivity index (χ2v) is 18.2. The first-order valence-corrected chi connectivity index (χ1v) is 18.4. The van der Waals surface area contributed by atoms with E-state index >= 15 is 0 Å². The first-order valence-electron chi connectivity index (χ1n) is 15.5. The van der Waals surface area contributed by atoms with Crippen LogP contribution in [0.2, 0.25) is 18.1 Å². The number of rotatable bonds is 8. The molecule has 5 aromatic rings. The quantitative estimate of drug-likeness (QED) is 0.169. The van der Waals surface area contributed by atoms with Crippen molar-refractivity contribution in [1.29, 1.82) is 0 Å². The molecule has 0 aromatic heterocycles. The fraction of sp³-hybridized carbons (Fsp3) is 0.300. The lowest BCUT2D eigenvalue weighted by Crippen LogP contribution is -2.43. The van der Waals surface area contributed by atoms with Gasteiger partial charge in [-0.1, -0.05) is 133 Å². The topological polar surface area (TPSA) is 9.23 Å². The van der Waals surface area contributed by atoms with E-state index in [0.717, 1.165) is 18.6 Å². The van der Waals surface area contributed by atoms with Crippen LogP contribution in [0.25, 0.3) is 33.0 Å². The SMILES string of the molecule is CCc1cc(-c2ccc(O[Si](C)(C)C(C)(C)C)cc2C(C)C)ccc1-c1cccc(Cc2cccc3ccccc23)c1. The zero-order chi connectivity index (χ0) is 30.1. The van der Waals surface area contributed by atoms with Gasteiger partial charge < -0.3 is 4.43 Å².